The number of amides is 1. The SMILES string of the molecule is CCN=CNC(=O)c1c(OCc2ccccc2)ccc(Cl)c1-c1cc(F)ccc1OC. The first kappa shape index (κ1) is 22.3. The molecule has 0 aliphatic carbocycles. The van der Waals surface area contributed by atoms with Gasteiger partial charge in [0.15, 0.2) is 0 Å². The molecule has 5 nitrogen and oxygen atoms in total. The summed E-state index contributed by atoms with van der Waals surface area (Å²) >= 11 is 6.49. The summed E-state index contributed by atoms with van der Waals surface area (Å²) < 4.78 is 25.5. The second-order valence-corrected chi connectivity index (χ2v) is 6.92. The maximum absolute atomic E-state index is 14.1. The van der Waals surface area contributed by atoms with Gasteiger partial charge in [-0.3, -0.25) is 9.79 Å². The maximum atomic E-state index is 14.1. The Morgan fingerprint density at radius 3 is 2.58 bits per heavy atom. The van der Waals surface area contributed by atoms with Gasteiger partial charge in [0.2, 0.25) is 0 Å². The Hall–Kier alpha value is -3.38. The fourth-order valence-electron chi connectivity index (χ4n) is 3.05. The summed E-state index contributed by atoms with van der Waals surface area (Å²) in [5, 5.41) is 2.88. The lowest BCUT2D eigenvalue weighted by Gasteiger charge is -2.18. The molecule has 0 aliphatic heterocycles. The van der Waals surface area contributed by atoms with E-state index in [1.54, 1.807) is 12.1 Å². The van der Waals surface area contributed by atoms with Crippen LogP contribution in [-0.2, 0) is 6.61 Å². The van der Waals surface area contributed by atoms with Crippen molar-refractivity contribution in [1.29, 1.82) is 0 Å². The van der Waals surface area contributed by atoms with Gasteiger partial charge in [-0.05, 0) is 42.8 Å². The van der Waals surface area contributed by atoms with Crippen molar-refractivity contribution in [1.82, 2.24) is 5.32 Å². The van der Waals surface area contributed by atoms with Crippen LogP contribution < -0.4 is 14.8 Å². The Morgan fingerprint density at radius 2 is 1.87 bits per heavy atom. The van der Waals surface area contributed by atoms with Gasteiger partial charge in [-0.2, -0.15) is 0 Å². The molecule has 0 spiro atoms. The lowest BCUT2D eigenvalue weighted by Crippen LogP contribution is -2.23. The Morgan fingerprint density at radius 1 is 1.13 bits per heavy atom. The Bertz CT molecular complexity index is 1090. The van der Waals surface area contributed by atoms with Gasteiger partial charge in [-0.25, -0.2) is 4.39 Å². The number of methoxy groups -OCH3 is 1. The summed E-state index contributed by atoms with van der Waals surface area (Å²) in [6.07, 6.45) is 1.32. The summed E-state index contributed by atoms with van der Waals surface area (Å²) in [6.45, 7) is 2.60. The van der Waals surface area contributed by atoms with Crippen LogP contribution in [0.4, 0.5) is 4.39 Å². The van der Waals surface area contributed by atoms with Gasteiger partial charge in [0.25, 0.3) is 5.91 Å². The van der Waals surface area contributed by atoms with Crippen LogP contribution in [-0.4, -0.2) is 25.9 Å². The smallest absolute Gasteiger partial charge is 0.260 e. The molecule has 1 N–H and O–H groups in total. The van der Waals surface area contributed by atoms with Crippen LogP contribution in [0.15, 0.2) is 65.7 Å². The third-order valence-electron chi connectivity index (χ3n) is 4.48. The summed E-state index contributed by atoms with van der Waals surface area (Å²) in [4.78, 5) is 17.1. The van der Waals surface area contributed by atoms with Crippen molar-refractivity contribution in [2.45, 2.75) is 13.5 Å². The Kier molecular flexibility index (Phi) is 7.62. The number of carbonyl (C=O) groups excluding carboxylic acids is 1. The molecule has 0 bridgehead atoms. The number of nitrogens with one attached hydrogen (secondary N) is 1. The minimum Gasteiger partial charge on any atom is -0.496 e. The Balaban J connectivity index is 2.13. The van der Waals surface area contributed by atoms with E-state index >= 15 is 0 Å². The van der Waals surface area contributed by atoms with Gasteiger partial charge in [-0.1, -0.05) is 41.9 Å². The second kappa shape index (κ2) is 10.6. The third kappa shape index (κ3) is 5.41. The molecular weight excluding hydrogens is 419 g/mol. The van der Waals surface area contributed by atoms with Crippen molar-refractivity contribution in [3.05, 3.63) is 82.6 Å². The van der Waals surface area contributed by atoms with E-state index in [2.05, 4.69) is 10.3 Å². The fraction of sp³-hybridized carbons (Fsp3) is 0.167. The first-order valence-electron chi connectivity index (χ1n) is 9.67. The average Bonchev–Trinajstić information content (AvgIpc) is 2.78. The molecule has 31 heavy (non-hydrogen) atoms. The van der Waals surface area contributed by atoms with Gasteiger partial charge in [0.05, 0.1) is 19.0 Å². The summed E-state index contributed by atoms with van der Waals surface area (Å²) in [5.74, 6) is -0.290. The van der Waals surface area contributed by atoms with Gasteiger partial charge in [-0.15, -0.1) is 0 Å². The summed E-state index contributed by atoms with van der Waals surface area (Å²) in [5.41, 5.74) is 1.75. The molecular formula is C24H22ClFN2O3. The van der Waals surface area contributed by atoms with E-state index in [0.29, 0.717) is 29.2 Å². The van der Waals surface area contributed by atoms with Gasteiger partial charge in [0, 0.05) is 22.7 Å². The molecule has 160 valence electrons. The van der Waals surface area contributed by atoms with Crippen molar-refractivity contribution < 1.29 is 18.7 Å². The minimum absolute atomic E-state index is 0.162. The zero-order valence-electron chi connectivity index (χ0n) is 17.2. The molecule has 1 amide bonds. The first-order chi connectivity index (χ1) is 15.0. The number of carbonyl (C=O) groups is 1. The lowest BCUT2D eigenvalue weighted by molar-refractivity contribution is 0.0974. The third-order valence-corrected chi connectivity index (χ3v) is 4.80. The number of hydrogen-bond donors (Lipinski definition) is 1. The van der Waals surface area contributed by atoms with Gasteiger partial charge < -0.3 is 14.8 Å². The van der Waals surface area contributed by atoms with Gasteiger partial charge in [0.1, 0.15) is 23.9 Å². The molecule has 0 atom stereocenters. The molecule has 0 fully saturated rings. The normalized spacial score (nSPS) is 10.8. The molecule has 3 aromatic carbocycles. The van der Waals surface area contributed by atoms with E-state index in [0.717, 1.165) is 5.56 Å². The number of nitrogens with zero attached hydrogens (tertiary/aromatic N) is 1. The van der Waals surface area contributed by atoms with Crippen LogP contribution in [0, 0.1) is 5.82 Å². The summed E-state index contributed by atoms with van der Waals surface area (Å²) in [7, 11) is 1.47. The highest BCUT2D eigenvalue weighted by molar-refractivity contribution is 6.34. The molecule has 0 radical (unpaired) electrons. The molecule has 3 aromatic rings. The van der Waals surface area contributed by atoms with Crippen LogP contribution in [0.25, 0.3) is 11.1 Å². The number of hydrogen-bond acceptors (Lipinski definition) is 4. The van der Waals surface area contributed by atoms with E-state index in [-0.39, 0.29) is 17.2 Å². The monoisotopic (exact) mass is 440 g/mol. The van der Waals surface area contributed by atoms with Crippen LogP contribution in [0.1, 0.15) is 22.8 Å². The van der Waals surface area contributed by atoms with Crippen LogP contribution in [0.3, 0.4) is 0 Å². The predicted molar refractivity (Wildman–Crippen MR) is 121 cm³/mol. The minimum atomic E-state index is -0.485. The van der Waals surface area contributed by atoms with E-state index in [1.165, 1.54) is 31.6 Å². The standard InChI is InChI=1S/C24H22ClFN2O3/c1-3-27-15-28-24(29)23-21(31-14-16-7-5-4-6-8-16)12-10-19(25)22(23)18-13-17(26)9-11-20(18)30-2/h4-13,15H,3,14H2,1-2H3,(H,27,28,29). The number of halogens is 2. The highest BCUT2D eigenvalue weighted by Crippen LogP contribution is 2.41. The van der Waals surface area contributed by atoms with Crippen molar-refractivity contribution in [2.24, 2.45) is 4.99 Å². The van der Waals surface area contributed by atoms with Crippen molar-refractivity contribution in [3.8, 4) is 22.6 Å². The largest absolute Gasteiger partial charge is 0.496 e. The number of ether oxygens (including phenoxy) is 2. The molecule has 7 heteroatoms. The van der Waals surface area contributed by atoms with Crippen LogP contribution >= 0.6 is 11.6 Å². The zero-order chi connectivity index (χ0) is 22.2. The topological polar surface area (TPSA) is 59.9 Å². The quantitative estimate of drug-likeness (QED) is 0.371. The molecule has 0 heterocycles. The number of benzene rings is 3. The van der Waals surface area contributed by atoms with Crippen LogP contribution in [0.5, 0.6) is 11.5 Å². The number of aliphatic imine (C=N–C) groups is 1. The highest BCUT2D eigenvalue weighted by Gasteiger charge is 2.24. The first-order valence-corrected chi connectivity index (χ1v) is 10.0. The molecule has 0 aromatic heterocycles. The maximum Gasteiger partial charge on any atom is 0.260 e. The van der Waals surface area contributed by atoms with E-state index in [9.17, 15) is 9.18 Å². The van der Waals surface area contributed by atoms with Crippen molar-refractivity contribution in [2.75, 3.05) is 13.7 Å². The van der Waals surface area contributed by atoms with E-state index in [4.69, 9.17) is 21.1 Å². The zero-order valence-corrected chi connectivity index (χ0v) is 17.9. The molecule has 0 saturated heterocycles. The van der Waals surface area contributed by atoms with Crippen molar-refractivity contribution >= 4 is 23.8 Å². The number of rotatable bonds is 8. The van der Waals surface area contributed by atoms with Gasteiger partial charge >= 0.3 is 0 Å². The molecule has 3 rings (SSSR count). The molecule has 0 saturated carbocycles. The molecule has 0 aliphatic rings. The predicted octanol–water partition coefficient (Wildman–Crippen LogP) is 5.51. The average molecular weight is 441 g/mol. The van der Waals surface area contributed by atoms with Crippen molar-refractivity contribution in [3.63, 3.8) is 0 Å². The fourth-order valence-corrected chi connectivity index (χ4v) is 3.31. The Labute approximate surface area is 185 Å². The molecule has 0 unspecified atom stereocenters. The second-order valence-electron chi connectivity index (χ2n) is 6.52. The highest BCUT2D eigenvalue weighted by atomic mass is 35.5. The van der Waals surface area contributed by atoms with Crippen LogP contribution in [0.2, 0.25) is 5.02 Å². The summed E-state index contributed by atoms with van der Waals surface area (Å²) in [6, 6.07) is 16.8. The lowest BCUT2D eigenvalue weighted by atomic mass is 9.97. The van der Waals surface area contributed by atoms with E-state index in [1.807, 2.05) is 37.3 Å². The van der Waals surface area contributed by atoms with E-state index < -0.39 is 11.7 Å².